The van der Waals surface area contributed by atoms with Crippen molar-refractivity contribution >= 4 is 5.91 Å². The van der Waals surface area contributed by atoms with Gasteiger partial charge in [0.1, 0.15) is 0 Å². The fourth-order valence-corrected chi connectivity index (χ4v) is 1.57. The lowest BCUT2D eigenvalue weighted by molar-refractivity contribution is -0.124. The Bertz CT molecular complexity index is 196. The van der Waals surface area contributed by atoms with E-state index in [1.54, 1.807) is 0 Å². The van der Waals surface area contributed by atoms with E-state index >= 15 is 0 Å². The summed E-state index contributed by atoms with van der Waals surface area (Å²) in [5.74, 6) is -0.230. The summed E-state index contributed by atoms with van der Waals surface area (Å²) in [4.78, 5) is 13.3. The Kier molecular flexibility index (Phi) is 4.59. The van der Waals surface area contributed by atoms with Gasteiger partial charge in [-0.05, 0) is 25.8 Å². The van der Waals surface area contributed by atoms with Crippen LogP contribution in [0, 0.1) is 5.41 Å². The van der Waals surface area contributed by atoms with Crippen LogP contribution in [0.15, 0.2) is 0 Å². The minimum atomic E-state index is -0.230. The summed E-state index contributed by atoms with van der Waals surface area (Å²) in [6.07, 6.45) is 0.770. The molecule has 0 aliphatic carbocycles. The zero-order valence-corrected chi connectivity index (χ0v) is 10.3. The first kappa shape index (κ1) is 13.4. The number of hydrogen-bond donors (Lipinski definition) is 1. The highest BCUT2D eigenvalue weighted by Crippen LogP contribution is 2.24. The van der Waals surface area contributed by atoms with E-state index in [0.29, 0.717) is 6.04 Å². The number of carbonyl (C=O) groups excluding carboxylic acids is 1. The lowest BCUT2D eigenvalue weighted by Gasteiger charge is -2.38. The third-order valence-corrected chi connectivity index (χ3v) is 3.07. The van der Waals surface area contributed by atoms with Crippen LogP contribution in [0.2, 0.25) is 0 Å². The molecular formula is C11H24N2O. The molecule has 0 bridgehead atoms. The standard InChI is InChI=1S/C11H24N2O/c1-7-9(10(12)14)13(6)8(2)11(3,4)5/h8-9H,7H2,1-6H3,(H2,12,14). The topological polar surface area (TPSA) is 46.3 Å². The van der Waals surface area contributed by atoms with Crippen LogP contribution in [0.3, 0.4) is 0 Å². The van der Waals surface area contributed by atoms with Gasteiger partial charge in [0.25, 0.3) is 0 Å². The van der Waals surface area contributed by atoms with Crippen LogP contribution in [-0.4, -0.2) is 29.9 Å². The molecule has 0 aromatic heterocycles. The van der Waals surface area contributed by atoms with E-state index in [0.717, 1.165) is 6.42 Å². The average molecular weight is 200 g/mol. The van der Waals surface area contributed by atoms with Crippen molar-refractivity contribution in [3.63, 3.8) is 0 Å². The Hall–Kier alpha value is -0.570. The molecule has 0 saturated carbocycles. The summed E-state index contributed by atoms with van der Waals surface area (Å²) in [5, 5.41) is 0. The van der Waals surface area contributed by atoms with E-state index in [9.17, 15) is 4.79 Å². The Labute approximate surface area is 87.6 Å². The number of carbonyl (C=O) groups is 1. The van der Waals surface area contributed by atoms with Gasteiger partial charge in [-0.25, -0.2) is 0 Å². The van der Waals surface area contributed by atoms with Crippen molar-refractivity contribution in [2.75, 3.05) is 7.05 Å². The number of hydrogen-bond acceptors (Lipinski definition) is 2. The van der Waals surface area contributed by atoms with Gasteiger partial charge in [0.15, 0.2) is 0 Å². The summed E-state index contributed by atoms with van der Waals surface area (Å²) in [5.41, 5.74) is 5.51. The minimum Gasteiger partial charge on any atom is -0.368 e. The van der Waals surface area contributed by atoms with Gasteiger partial charge < -0.3 is 5.73 Å². The van der Waals surface area contributed by atoms with Crippen LogP contribution in [-0.2, 0) is 4.79 Å². The zero-order chi connectivity index (χ0) is 11.5. The molecule has 2 unspecified atom stereocenters. The lowest BCUT2D eigenvalue weighted by atomic mass is 9.86. The number of likely N-dealkylation sites (N-methyl/N-ethyl adjacent to an activating group) is 1. The van der Waals surface area contributed by atoms with Crippen LogP contribution in [0.1, 0.15) is 41.0 Å². The van der Waals surface area contributed by atoms with Crippen molar-refractivity contribution in [1.82, 2.24) is 4.90 Å². The summed E-state index contributed by atoms with van der Waals surface area (Å²) in [6.45, 7) is 10.6. The van der Waals surface area contributed by atoms with E-state index in [4.69, 9.17) is 5.73 Å². The highest BCUT2D eigenvalue weighted by Gasteiger charge is 2.29. The summed E-state index contributed by atoms with van der Waals surface area (Å²) in [7, 11) is 1.97. The normalized spacial score (nSPS) is 16.8. The van der Waals surface area contributed by atoms with Crippen LogP contribution in [0.4, 0.5) is 0 Å². The van der Waals surface area contributed by atoms with Gasteiger partial charge in [0, 0.05) is 6.04 Å². The second kappa shape index (κ2) is 4.78. The number of nitrogens with two attached hydrogens (primary N) is 1. The number of nitrogens with zero attached hydrogens (tertiary/aromatic N) is 1. The van der Waals surface area contributed by atoms with Crippen molar-refractivity contribution in [2.45, 2.75) is 53.1 Å². The van der Waals surface area contributed by atoms with E-state index in [1.807, 2.05) is 14.0 Å². The predicted molar refractivity (Wildman–Crippen MR) is 60.0 cm³/mol. The fourth-order valence-electron chi connectivity index (χ4n) is 1.57. The molecule has 0 saturated heterocycles. The van der Waals surface area contributed by atoms with Gasteiger partial charge in [0.2, 0.25) is 5.91 Å². The SMILES string of the molecule is CCC(C(N)=O)N(C)C(C)C(C)(C)C. The molecule has 3 nitrogen and oxygen atoms in total. The molecule has 0 aromatic rings. The Balaban J connectivity index is 4.58. The smallest absolute Gasteiger partial charge is 0.234 e. The monoisotopic (exact) mass is 200 g/mol. The molecule has 84 valence electrons. The van der Waals surface area contributed by atoms with Crippen molar-refractivity contribution < 1.29 is 4.79 Å². The molecule has 0 aliphatic rings. The second-order valence-corrected chi connectivity index (χ2v) is 5.03. The molecule has 0 rings (SSSR count). The minimum absolute atomic E-state index is 0.149. The molecule has 2 N–H and O–H groups in total. The summed E-state index contributed by atoms with van der Waals surface area (Å²) < 4.78 is 0. The molecule has 0 aliphatic heterocycles. The van der Waals surface area contributed by atoms with Crippen LogP contribution in [0.25, 0.3) is 0 Å². The van der Waals surface area contributed by atoms with E-state index in [1.165, 1.54) is 0 Å². The Morgan fingerprint density at radius 2 is 1.86 bits per heavy atom. The molecule has 3 heteroatoms. The van der Waals surface area contributed by atoms with Crippen molar-refractivity contribution in [3.05, 3.63) is 0 Å². The maximum atomic E-state index is 11.2. The summed E-state index contributed by atoms with van der Waals surface area (Å²) in [6, 6.07) is 0.184. The highest BCUT2D eigenvalue weighted by atomic mass is 16.1. The molecule has 0 radical (unpaired) electrons. The first-order chi connectivity index (χ1) is 6.21. The first-order valence-corrected chi connectivity index (χ1v) is 5.23. The van der Waals surface area contributed by atoms with Gasteiger partial charge in [0.05, 0.1) is 6.04 Å². The maximum absolute atomic E-state index is 11.2. The summed E-state index contributed by atoms with van der Waals surface area (Å²) >= 11 is 0. The molecular weight excluding hydrogens is 176 g/mol. The fraction of sp³-hybridized carbons (Fsp3) is 0.909. The molecule has 0 spiro atoms. The van der Waals surface area contributed by atoms with E-state index in [2.05, 4.69) is 32.6 Å². The largest absolute Gasteiger partial charge is 0.368 e. The molecule has 2 atom stereocenters. The van der Waals surface area contributed by atoms with Crippen molar-refractivity contribution in [2.24, 2.45) is 11.1 Å². The maximum Gasteiger partial charge on any atom is 0.234 e. The van der Waals surface area contributed by atoms with Crippen LogP contribution >= 0.6 is 0 Å². The third kappa shape index (κ3) is 3.29. The van der Waals surface area contributed by atoms with Crippen molar-refractivity contribution in [3.8, 4) is 0 Å². The lowest BCUT2D eigenvalue weighted by Crippen LogP contribution is -2.50. The average Bonchev–Trinajstić information content (AvgIpc) is 2.01. The van der Waals surface area contributed by atoms with Gasteiger partial charge >= 0.3 is 0 Å². The third-order valence-electron chi connectivity index (χ3n) is 3.07. The first-order valence-electron chi connectivity index (χ1n) is 5.23. The number of primary amides is 1. The van der Waals surface area contributed by atoms with Gasteiger partial charge in [-0.2, -0.15) is 0 Å². The number of amides is 1. The van der Waals surface area contributed by atoms with Crippen molar-refractivity contribution in [1.29, 1.82) is 0 Å². The van der Waals surface area contributed by atoms with Gasteiger partial charge in [-0.3, -0.25) is 9.69 Å². The van der Waals surface area contributed by atoms with Crippen LogP contribution < -0.4 is 5.73 Å². The van der Waals surface area contributed by atoms with E-state index in [-0.39, 0.29) is 17.4 Å². The molecule has 1 amide bonds. The Morgan fingerprint density at radius 1 is 1.43 bits per heavy atom. The highest BCUT2D eigenvalue weighted by molar-refractivity contribution is 5.79. The van der Waals surface area contributed by atoms with E-state index < -0.39 is 0 Å². The van der Waals surface area contributed by atoms with Crippen LogP contribution in [0.5, 0.6) is 0 Å². The second-order valence-electron chi connectivity index (χ2n) is 5.03. The number of rotatable bonds is 4. The van der Waals surface area contributed by atoms with Gasteiger partial charge in [-0.15, -0.1) is 0 Å². The molecule has 0 heterocycles. The molecule has 14 heavy (non-hydrogen) atoms. The van der Waals surface area contributed by atoms with Gasteiger partial charge in [-0.1, -0.05) is 27.7 Å². The Morgan fingerprint density at radius 3 is 2.07 bits per heavy atom. The zero-order valence-electron chi connectivity index (χ0n) is 10.3. The quantitative estimate of drug-likeness (QED) is 0.749. The predicted octanol–water partition coefficient (Wildman–Crippen LogP) is 1.62. The molecule has 0 aromatic carbocycles. The molecule has 0 fully saturated rings.